The lowest BCUT2D eigenvalue weighted by molar-refractivity contribution is 0.0953. The molecule has 2 aromatic carbocycles. The quantitative estimate of drug-likeness (QED) is 0.456. The molecule has 31 heavy (non-hydrogen) atoms. The standard InChI is InChI=1S/C24H24ClN3O3/c1-24(2,3)31-19-12-10-17(11-13-19)15-26-27-22(29)20-8-6-14-28(23(20)30)16-18-7-4-5-9-21(18)25/h4-15H,16H2,1-3H3,(H,27,29)/b26-15-. The van der Waals surface area contributed by atoms with E-state index in [9.17, 15) is 9.59 Å². The number of nitrogens with zero attached hydrogens (tertiary/aromatic N) is 2. The van der Waals surface area contributed by atoms with Crippen LogP contribution in [0.4, 0.5) is 0 Å². The highest BCUT2D eigenvalue weighted by Crippen LogP contribution is 2.18. The number of rotatable bonds is 6. The Labute approximate surface area is 186 Å². The fourth-order valence-corrected chi connectivity index (χ4v) is 3.04. The van der Waals surface area contributed by atoms with Crippen LogP contribution in [0.2, 0.25) is 5.02 Å². The van der Waals surface area contributed by atoms with Gasteiger partial charge in [0.15, 0.2) is 0 Å². The van der Waals surface area contributed by atoms with Crippen molar-refractivity contribution in [2.75, 3.05) is 0 Å². The number of hydrazone groups is 1. The van der Waals surface area contributed by atoms with Gasteiger partial charge in [-0.2, -0.15) is 5.10 Å². The number of hydrogen-bond donors (Lipinski definition) is 1. The molecule has 0 aliphatic heterocycles. The smallest absolute Gasteiger partial charge is 0.276 e. The van der Waals surface area contributed by atoms with Crippen LogP contribution in [0.1, 0.15) is 42.3 Å². The van der Waals surface area contributed by atoms with Crippen LogP contribution in [0.5, 0.6) is 5.75 Å². The number of benzene rings is 2. The summed E-state index contributed by atoms with van der Waals surface area (Å²) in [5.74, 6) is 0.166. The van der Waals surface area contributed by atoms with Crippen molar-refractivity contribution >= 4 is 23.7 Å². The molecule has 1 N–H and O–H groups in total. The summed E-state index contributed by atoms with van der Waals surface area (Å²) in [5.41, 5.74) is 3.28. The molecule has 0 spiro atoms. The minimum Gasteiger partial charge on any atom is -0.488 e. The molecule has 0 fully saturated rings. The first-order chi connectivity index (χ1) is 14.7. The van der Waals surface area contributed by atoms with E-state index in [1.807, 2.05) is 63.2 Å². The fraction of sp³-hybridized carbons (Fsp3) is 0.208. The van der Waals surface area contributed by atoms with Gasteiger partial charge in [-0.3, -0.25) is 9.59 Å². The Bertz CT molecular complexity index is 1150. The molecular formula is C24H24ClN3O3. The average molecular weight is 438 g/mol. The number of nitrogens with one attached hydrogen (secondary N) is 1. The summed E-state index contributed by atoms with van der Waals surface area (Å²) >= 11 is 6.18. The Morgan fingerprint density at radius 1 is 1.10 bits per heavy atom. The van der Waals surface area contributed by atoms with Gasteiger partial charge in [-0.25, -0.2) is 5.43 Å². The largest absolute Gasteiger partial charge is 0.488 e. The summed E-state index contributed by atoms with van der Waals surface area (Å²) < 4.78 is 7.21. The molecule has 0 aliphatic carbocycles. The van der Waals surface area contributed by atoms with Gasteiger partial charge >= 0.3 is 0 Å². The van der Waals surface area contributed by atoms with Crippen molar-refractivity contribution in [3.05, 3.63) is 98.9 Å². The van der Waals surface area contributed by atoms with Crippen molar-refractivity contribution in [1.29, 1.82) is 0 Å². The van der Waals surface area contributed by atoms with Crippen LogP contribution in [0, 0.1) is 0 Å². The second-order valence-corrected chi connectivity index (χ2v) is 8.34. The van der Waals surface area contributed by atoms with Crippen LogP contribution in [-0.4, -0.2) is 22.3 Å². The van der Waals surface area contributed by atoms with Crippen LogP contribution in [0.3, 0.4) is 0 Å². The zero-order chi connectivity index (χ0) is 22.4. The van der Waals surface area contributed by atoms with Crippen LogP contribution in [-0.2, 0) is 6.54 Å². The molecule has 3 rings (SSSR count). The zero-order valence-electron chi connectivity index (χ0n) is 17.6. The molecule has 1 heterocycles. The molecular weight excluding hydrogens is 414 g/mol. The summed E-state index contributed by atoms with van der Waals surface area (Å²) in [4.78, 5) is 25.2. The van der Waals surface area contributed by atoms with Gasteiger partial charge in [0.25, 0.3) is 11.5 Å². The summed E-state index contributed by atoms with van der Waals surface area (Å²) in [6.07, 6.45) is 3.12. The predicted octanol–water partition coefficient (Wildman–Crippen LogP) is 4.49. The molecule has 1 amide bonds. The number of hydrogen-bond acceptors (Lipinski definition) is 4. The molecule has 0 aliphatic rings. The van der Waals surface area contributed by atoms with Crippen LogP contribution in [0.15, 0.2) is 76.8 Å². The van der Waals surface area contributed by atoms with Crippen molar-refractivity contribution < 1.29 is 9.53 Å². The molecule has 0 saturated heterocycles. The van der Waals surface area contributed by atoms with Crippen molar-refractivity contribution in [1.82, 2.24) is 9.99 Å². The van der Waals surface area contributed by atoms with Gasteiger partial charge in [-0.05, 0) is 74.4 Å². The van der Waals surface area contributed by atoms with Gasteiger partial charge in [-0.15, -0.1) is 0 Å². The normalized spacial score (nSPS) is 11.5. The van der Waals surface area contributed by atoms with Crippen molar-refractivity contribution in [2.24, 2.45) is 5.10 Å². The average Bonchev–Trinajstić information content (AvgIpc) is 2.71. The Kier molecular flexibility index (Phi) is 6.92. The van der Waals surface area contributed by atoms with Gasteiger partial charge in [0.05, 0.1) is 12.8 Å². The lowest BCUT2D eigenvalue weighted by Crippen LogP contribution is -2.31. The number of aromatic nitrogens is 1. The summed E-state index contributed by atoms with van der Waals surface area (Å²) in [5, 5.41) is 4.52. The van der Waals surface area contributed by atoms with Gasteiger partial charge in [0, 0.05) is 11.2 Å². The Morgan fingerprint density at radius 3 is 2.48 bits per heavy atom. The van der Waals surface area contributed by atoms with E-state index < -0.39 is 11.5 Å². The van der Waals surface area contributed by atoms with E-state index in [0.717, 1.165) is 16.9 Å². The minimum absolute atomic E-state index is 0.000582. The van der Waals surface area contributed by atoms with E-state index in [1.54, 1.807) is 18.3 Å². The first-order valence-corrected chi connectivity index (χ1v) is 10.2. The first-order valence-electron chi connectivity index (χ1n) is 9.78. The van der Waals surface area contributed by atoms with Gasteiger partial charge in [0.2, 0.25) is 0 Å². The number of carbonyl (C=O) groups excluding carboxylic acids is 1. The van der Waals surface area contributed by atoms with Crippen LogP contribution in [0.25, 0.3) is 0 Å². The lowest BCUT2D eigenvalue weighted by atomic mass is 10.2. The maximum atomic E-state index is 12.7. The van der Waals surface area contributed by atoms with Crippen LogP contribution >= 0.6 is 11.6 Å². The highest BCUT2D eigenvalue weighted by Gasteiger charge is 2.13. The monoisotopic (exact) mass is 437 g/mol. The highest BCUT2D eigenvalue weighted by molar-refractivity contribution is 6.31. The molecule has 0 radical (unpaired) electrons. The maximum Gasteiger partial charge on any atom is 0.276 e. The van der Waals surface area contributed by atoms with Gasteiger partial charge in [0.1, 0.15) is 16.9 Å². The number of halogens is 1. The second kappa shape index (κ2) is 9.62. The molecule has 0 unspecified atom stereocenters. The number of amides is 1. The van der Waals surface area contributed by atoms with E-state index >= 15 is 0 Å². The van der Waals surface area contributed by atoms with Crippen molar-refractivity contribution in [3.8, 4) is 5.75 Å². The minimum atomic E-state index is -0.581. The molecule has 7 heteroatoms. The zero-order valence-corrected chi connectivity index (χ0v) is 18.4. The lowest BCUT2D eigenvalue weighted by Gasteiger charge is -2.21. The molecule has 0 saturated carbocycles. The van der Waals surface area contributed by atoms with E-state index in [2.05, 4.69) is 10.5 Å². The summed E-state index contributed by atoms with van der Waals surface area (Å²) in [6.45, 7) is 6.20. The SMILES string of the molecule is CC(C)(C)Oc1ccc(/C=N\NC(=O)c2cccn(Cc3ccccc3Cl)c2=O)cc1. The summed E-state index contributed by atoms with van der Waals surface area (Å²) in [6, 6.07) is 17.7. The molecule has 3 aromatic rings. The van der Waals surface area contributed by atoms with E-state index in [4.69, 9.17) is 16.3 Å². The first kappa shape index (κ1) is 22.3. The van der Waals surface area contributed by atoms with E-state index in [0.29, 0.717) is 5.02 Å². The maximum absolute atomic E-state index is 12.7. The molecule has 0 atom stereocenters. The topological polar surface area (TPSA) is 72.7 Å². The van der Waals surface area contributed by atoms with Gasteiger partial charge in [-0.1, -0.05) is 29.8 Å². The fourth-order valence-electron chi connectivity index (χ4n) is 2.85. The third-order valence-corrected chi connectivity index (χ3v) is 4.62. The second-order valence-electron chi connectivity index (χ2n) is 7.93. The number of pyridine rings is 1. The molecule has 6 nitrogen and oxygen atoms in total. The third-order valence-electron chi connectivity index (χ3n) is 4.25. The Morgan fingerprint density at radius 2 is 1.81 bits per heavy atom. The number of carbonyl (C=O) groups is 1. The Hall–Kier alpha value is -3.38. The molecule has 0 bridgehead atoms. The molecule has 1 aromatic heterocycles. The third kappa shape index (κ3) is 6.30. The van der Waals surface area contributed by atoms with E-state index in [1.165, 1.54) is 16.8 Å². The highest BCUT2D eigenvalue weighted by atomic mass is 35.5. The predicted molar refractivity (Wildman–Crippen MR) is 123 cm³/mol. The van der Waals surface area contributed by atoms with Crippen LogP contribution < -0.4 is 15.7 Å². The molecule has 160 valence electrons. The van der Waals surface area contributed by atoms with E-state index in [-0.39, 0.29) is 17.7 Å². The van der Waals surface area contributed by atoms with Gasteiger partial charge < -0.3 is 9.30 Å². The van der Waals surface area contributed by atoms with Crippen molar-refractivity contribution in [2.45, 2.75) is 32.9 Å². The van der Waals surface area contributed by atoms with Crippen molar-refractivity contribution in [3.63, 3.8) is 0 Å². The Balaban J connectivity index is 1.67. The summed E-state index contributed by atoms with van der Waals surface area (Å²) in [7, 11) is 0. The number of ether oxygens (including phenoxy) is 1.